The number of carbonyl (C=O) groups is 2. The molecule has 1 N–H and O–H groups in total. The predicted molar refractivity (Wildman–Crippen MR) is 126 cm³/mol. The Morgan fingerprint density at radius 3 is 2.75 bits per heavy atom. The van der Waals surface area contributed by atoms with E-state index in [1.165, 1.54) is 16.2 Å². The molecule has 0 bridgehead atoms. The van der Waals surface area contributed by atoms with Crippen molar-refractivity contribution in [2.45, 2.75) is 32.4 Å². The van der Waals surface area contributed by atoms with Crippen LogP contribution in [0.2, 0.25) is 5.02 Å². The zero-order valence-corrected chi connectivity index (χ0v) is 19.0. The second-order valence-corrected chi connectivity index (χ2v) is 9.49. The monoisotopic (exact) mass is 465 g/mol. The molecule has 162 valence electrons. The maximum Gasteiger partial charge on any atom is 0.300 e. The van der Waals surface area contributed by atoms with Crippen molar-refractivity contribution in [1.82, 2.24) is 0 Å². The molecular formula is C25H20ClNO4S. The van der Waals surface area contributed by atoms with Gasteiger partial charge in [-0.1, -0.05) is 23.7 Å². The summed E-state index contributed by atoms with van der Waals surface area (Å²) in [5.41, 5.74) is 2.89. The van der Waals surface area contributed by atoms with E-state index in [2.05, 4.69) is 0 Å². The molecule has 3 heterocycles. The van der Waals surface area contributed by atoms with Crippen LogP contribution >= 0.6 is 22.9 Å². The molecule has 1 amide bonds. The van der Waals surface area contributed by atoms with Crippen LogP contribution < -0.4 is 9.64 Å². The fourth-order valence-corrected chi connectivity index (χ4v) is 5.35. The summed E-state index contributed by atoms with van der Waals surface area (Å²) in [5, 5.41) is 13.6. The van der Waals surface area contributed by atoms with Gasteiger partial charge in [-0.25, -0.2) is 0 Å². The first kappa shape index (κ1) is 20.8. The summed E-state index contributed by atoms with van der Waals surface area (Å²) in [4.78, 5) is 28.7. The lowest BCUT2D eigenvalue weighted by Crippen LogP contribution is -2.29. The summed E-state index contributed by atoms with van der Waals surface area (Å²) in [5.74, 6) is -0.816. The maximum atomic E-state index is 13.2. The lowest BCUT2D eigenvalue weighted by atomic mass is 9.98. The molecule has 1 saturated heterocycles. The molecule has 1 fully saturated rings. The number of ether oxygens (including phenoxy) is 1. The molecule has 1 aromatic heterocycles. The van der Waals surface area contributed by atoms with Crippen molar-refractivity contribution in [3.63, 3.8) is 0 Å². The molecule has 5 rings (SSSR count). The average Bonchev–Trinajstić information content (AvgIpc) is 3.47. The van der Waals surface area contributed by atoms with Crippen LogP contribution in [-0.4, -0.2) is 22.9 Å². The molecule has 0 aliphatic carbocycles. The number of Topliss-reactive ketones (excluding diaryl/α,β-unsaturated/α-hetero) is 1. The Morgan fingerprint density at radius 2 is 2.00 bits per heavy atom. The first-order valence-electron chi connectivity index (χ1n) is 10.3. The van der Waals surface area contributed by atoms with Crippen molar-refractivity contribution in [3.8, 4) is 5.75 Å². The third-order valence-corrected chi connectivity index (χ3v) is 7.02. The van der Waals surface area contributed by atoms with Gasteiger partial charge >= 0.3 is 0 Å². The van der Waals surface area contributed by atoms with Gasteiger partial charge in [-0.3, -0.25) is 14.5 Å². The Bertz CT molecular complexity index is 1280. The molecule has 2 aromatic carbocycles. The van der Waals surface area contributed by atoms with Gasteiger partial charge in [-0.2, -0.15) is 0 Å². The zero-order valence-electron chi connectivity index (χ0n) is 17.5. The van der Waals surface area contributed by atoms with Gasteiger partial charge in [-0.05, 0) is 66.8 Å². The SMILES string of the molecule is Cc1ccc(Cl)cc1N1C(=O)C(=O)/C(=C(\O)c2ccc3c(c2)CC(C)O3)C1c1cccs1. The number of carbonyl (C=O) groups excluding carboxylic acids is 2. The molecule has 2 aliphatic rings. The van der Waals surface area contributed by atoms with E-state index in [-0.39, 0.29) is 17.4 Å². The van der Waals surface area contributed by atoms with Gasteiger partial charge in [0.2, 0.25) is 0 Å². The normalized spacial score (nSPS) is 21.7. The van der Waals surface area contributed by atoms with E-state index in [9.17, 15) is 14.7 Å². The minimum Gasteiger partial charge on any atom is -0.507 e. The number of fused-ring (bicyclic) bond motifs is 1. The number of hydrogen-bond acceptors (Lipinski definition) is 5. The summed E-state index contributed by atoms with van der Waals surface area (Å²) >= 11 is 7.64. The zero-order chi connectivity index (χ0) is 22.6. The van der Waals surface area contributed by atoms with E-state index in [4.69, 9.17) is 16.3 Å². The first-order chi connectivity index (χ1) is 15.3. The predicted octanol–water partition coefficient (Wildman–Crippen LogP) is 5.66. The molecule has 2 unspecified atom stereocenters. The molecular weight excluding hydrogens is 446 g/mol. The number of thiophene rings is 1. The van der Waals surface area contributed by atoms with Crippen molar-refractivity contribution in [2.75, 3.05) is 4.90 Å². The van der Waals surface area contributed by atoms with Crippen molar-refractivity contribution in [1.29, 1.82) is 0 Å². The summed E-state index contributed by atoms with van der Waals surface area (Å²) in [6.07, 6.45) is 0.783. The highest BCUT2D eigenvalue weighted by Gasteiger charge is 2.47. The average molecular weight is 466 g/mol. The van der Waals surface area contributed by atoms with Crippen molar-refractivity contribution >= 4 is 46.1 Å². The number of anilines is 1. The van der Waals surface area contributed by atoms with Crippen molar-refractivity contribution in [3.05, 3.63) is 86.1 Å². The quantitative estimate of drug-likeness (QED) is 0.308. The lowest BCUT2D eigenvalue weighted by molar-refractivity contribution is -0.132. The second-order valence-electron chi connectivity index (χ2n) is 8.07. The Kier molecular flexibility index (Phi) is 5.07. The number of aliphatic hydroxyl groups is 1. The largest absolute Gasteiger partial charge is 0.507 e. The number of halogens is 1. The molecule has 5 nitrogen and oxygen atoms in total. The molecule has 3 aromatic rings. The Morgan fingerprint density at radius 1 is 1.19 bits per heavy atom. The van der Waals surface area contributed by atoms with Crippen LogP contribution in [0.1, 0.15) is 34.5 Å². The Hall–Kier alpha value is -3.09. The molecule has 2 aliphatic heterocycles. The highest BCUT2D eigenvalue weighted by atomic mass is 35.5. The van der Waals surface area contributed by atoms with E-state index in [0.717, 1.165) is 28.2 Å². The standard InChI is InChI=1S/C25H20ClNO4S/c1-13-5-7-17(26)12-18(13)27-22(20-4-3-9-32-20)21(24(29)25(27)30)23(28)15-6-8-19-16(11-15)10-14(2)31-19/h3-9,11-12,14,22,28H,10H2,1-2H3/b23-21-. The first-order valence-corrected chi connectivity index (χ1v) is 11.5. The van der Waals surface area contributed by atoms with Gasteiger partial charge in [0.25, 0.3) is 11.7 Å². The number of aliphatic hydroxyl groups excluding tert-OH is 1. The Labute approximate surface area is 194 Å². The fourth-order valence-electron chi connectivity index (χ4n) is 4.36. The molecule has 32 heavy (non-hydrogen) atoms. The maximum absolute atomic E-state index is 13.2. The number of hydrogen-bond donors (Lipinski definition) is 1. The van der Waals surface area contributed by atoms with Gasteiger partial charge in [0.1, 0.15) is 23.7 Å². The van der Waals surface area contributed by atoms with Crippen LogP contribution in [0.25, 0.3) is 5.76 Å². The summed E-state index contributed by atoms with van der Waals surface area (Å²) < 4.78 is 5.75. The second kappa shape index (κ2) is 7.80. The van der Waals surface area contributed by atoms with E-state index < -0.39 is 17.7 Å². The van der Waals surface area contributed by atoms with E-state index in [1.807, 2.05) is 43.5 Å². The van der Waals surface area contributed by atoms with Gasteiger partial charge < -0.3 is 9.84 Å². The van der Waals surface area contributed by atoms with Gasteiger partial charge in [-0.15, -0.1) is 11.3 Å². The van der Waals surface area contributed by atoms with Crippen molar-refractivity contribution < 1.29 is 19.4 Å². The highest BCUT2D eigenvalue weighted by Crippen LogP contribution is 2.45. The third kappa shape index (κ3) is 3.31. The van der Waals surface area contributed by atoms with Crippen LogP contribution in [0, 0.1) is 6.92 Å². The van der Waals surface area contributed by atoms with E-state index >= 15 is 0 Å². The number of aryl methyl sites for hydroxylation is 1. The fraction of sp³-hybridized carbons (Fsp3) is 0.200. The highest BCUT2D eigenvalue weighted by molar-refractivity contribution is 7.10. The molecule has 0 radical (unpaired) electrons. The topological polar surface area (TPSA) is 66.8 Å². The lowest BCUT2D eigenvalue weighted by Gasteiger charge is -2.25. The molecule has 0 spiro atoms. The Balaban J connectivity index is 1.69. The van der Waals surface area contributed by atoms with Gasteiger partial charge in [0.05, 0.1) is 5.57 Å². The number of benzene rings is 2. The van der Waals surface area contributed by atoms with E-state index in [1.54, 1.807) is 24.3 Å². The number of rotatable bonds is 3. The number of ketones is 1. The minimum atomic E-state index is -0.740. The van der Waals surface area contributed by atoms with Gasteiger partial charge in [0.15, 0.2) is 0 Å². The molecule has 2 atom stereocenters. The smallest absolute Gasteiger partial charge is 0.300 e. The molecule has 7 heteroatoms. The summed E-state index contributed by atoms with van der Waals surface area (Å²) in [6.45, 7) is 3.84. The number of amides is 1. The van der Waals surface area contributed by atoms with E-state index in [0.29, 0.717) is 16.3 Å². The minimum absolute atomic E-state index is 0.0601. The van der Waals surface area contributed by atoms with Crippen LogP contribution in [0.15, 0.2) is 59.5 Å². The van der Waals surface area contributed by atoms with Crippen LogP contribution in [0.4, 0.5) is 5.69 Å². The molecule has 0 saturated carbocycles. The van der Waals surface area contributed by atoms with Crippen LogP contribution in [-0.2, 0) is 16.0 Å². The number of nitrogens with zero attached hydrogens (tertiary/aromatic N) is 1. The van der Waals surface area contributed by atoms with Crippen LogP contribution in [0.3, 0.4) is 0 Å². The van der Waals surface area contributed by atoms with Crippen molar-refractivity contribution in [2.24, 2.45) is 0 Å². The van der Waals surface area contributed by atoms with Crippen LogP contribution in [0.5, 0.6) is 5.75 Å². The third-order valence-electron chi connectivity index (χ3n) is 5.86. The van der Waals surface area contributed by atoms with Gasteiger partial charge in [0, 0.05) is 27.6 Å². The summed E-state index contributed by atoms with van der Waals surface area (Å²) in [6, 6.07) is 13.6. The summed E-state index contributed by atoms with van der Waals surface area (Å²) in [7, 11) is 0.